The second-order valence-electron chi connectivity index (χ2n) is 3.75. The van der Waals surface area contributed by atoms with E-state index < -0.39 is 0 Å². The third-order valence-electron chi connectivity index (χ3n) is 2.50. The summed E-state index contributed by atoms with van der Waals surface area (Å²) in [4.78, 5) is 11.8. The van der Waals surface area contributed by atoms with Crippen molar-refractivity contribution < 1.29 is 9.21 Å². The van der Waals surface area contributed by atoms with Gasteiger partial charge in [-0.3, -0.25) is 4.79 Å². The van der Waals surface area contributed by atoms with Crippen LogP contribution in [0.5, 0.6) is 0 Å². The van der Waals surface area contributed by atoms with Gasteiger partial charge in [0.1, 0.15) is 5.58 Å². The molecule has 2 nitrogen and oxygen atoms in total. The van der Waals surface area contributed by atoms with E-state index in [1.807, 2.05) is 18.2 Å². The van der Waals surface area contributed by atoms with Gasteiger partial charge in [-0.2, -0.15) is 0 Å². The van der Waals surface area contributed by atoms with Gasteiger partial charge in [0.15, 0.2) is 11.5 Å². The molecule has 0 aliphatic heterocycles. The van der Waals surface area contributed by atoms with Crippen LogP contribution in [-0.4, -0.2) is 5.78 Å². The maximum Gasteiger partial charge on any atom is 0.198 e. The molecular formula is C14H11BrO2. The van der Waals surface area contributed by atoms with Gasteiger partial charge < -0.3 is 4.42 Å². The quantitative estimate of drug-likeness (QED) is 0.480. The van der Waals surface area contributed by atoms with Crippen LogP contribution in [0.25, 0.3) is 11.0 Å². The number of furan rings is 1. The van der Waals surface area contributed by atoms with E-state index >= 15 is 0 Å². The molecule has 0 radical (unpaired) electrons. The predicted molar refractivity (Wildman–Crippen MR) is 70.9 cm³/mol. The Balaban J connectivity index is 2.22. The fourth-order valence-corrected chi connectivity index (χ4v) is 2.10. The van der Waals surface area contributed by atoms with Crippen molar-refractivity contribution in [3.05, 3.63) is 34.5 Å². The van der Waals surface area contributed by atoms with Crippen molar-refractivity contribution in [2.75, 3.05) is 0 Å². The Bertz CT molecular complexity index is 590. The minimum atomic E-state index is 0.00310. The van der Waals surface area contributed by atoms with Crippen LogP contribution in [0.2, 0.25) is 0 Å². The predicted octanol–water partition coefficient (Wildman–Crippen LogP) is 4.18. The molecule has 0 aliphatic rings. The lowest BCUT2D eigenvalue weighted by Crippen LogP contribution is -1.95. The second-order valence-corrected chi connectivity index (χ2v) is 4.60. The molecule has 86 valence electrons. The van der Waals surface area contributed by atoms with Crippen molar-refractivity contribution in [3.8, 4) is 12.3 Å². The smallest absolute Gasteiger partial charge is 0.198 e. The number of fused-ring (bicyclic) bond motifs is 1. The van der Waals surface area contributed by atoms with E-state index in [1.54, 1.807) is 6.07 Å². The first-order chi connectivity index (χ1) is 8.22. The largest absolute Gasteiger partial charge is 0.452 e. The molecule has 1 aromatic heterocycles. The van der Waals surface area contributed by atoms with Gasteiger partial charge in [0.25, 0.3) is 0 Å². The fourth-order valence-electron chi connectivity index (χ4n) is 1.64. The number of rotatable bonds is 4. The molecule has 0 N–H and O–H groups in total. The van der Waals surface area contributed by atoms with Crippen molar-refractivity contribution in [1.29, 1.82) is 0 Å². The molecule has 2 rings (SSSR count). The Morgan fingerprint density at radius 1 is 1.47 bits per heavy atom. The number of para-hydroxylation sites is 1. The monoisotopic (exact) mass is 290 g/mol. The molecule has 3 heteroatoms. The van der Waals surface area contributed by atoms with Gasteiger partial charge in [-0.25, -0.2) is 0 Å². The molecular weight excluding hydrogens is 280 g/mol. The van der Waals surface area contributed by atoms with E-state index in [0.29, 0.717) is 30.6 Å². The fraction of sp³-hybridized carbons (Fsp3) is 0.214. The first kappa shape index (κ1) is 11.9. The van der Waals surface area contributed by atoms with Gasteiger partial charge in [0.2, 0.25) is 0 Å². The van der Waals surface area contributed by atoms with E-state index in [-0.39, 0.29) is 5.78 Å². The third kappa shape index (κ3) is 2.59. The van der Waals surface area contributed by atoms with Crippen LogP contribution in [0.3, 0.4) is 0 Å². The number of carbonyl (C=O) groups is 1. The Morgan fingerprint density at radius 3 is 3.00 bits per heavy atom. The van der Waals surface area contributed by atoms with Crippen LogP contribution in [-0.2, 0) is 0 Å². The number of unbranched alkanes of at least 4 members (excludes halogenated alkanes) is 1. The van der Waals surface area contributed by atoms with Gasteiger partial charge in [-0.1, -0.05) is 12.1 Å². The van der Waals surface area contributed by atoms with Crippen molar-refractivity contribution in [2.45, 2.75) is 19.3 Å². The van der Waals surface area contributed by atoms with Crippen LogP contribution in [0.1, 0.15) is 29.8 Å². The van der Waals surface area contributed by atoms with E-state index in [0.717, 1.165) is 9.86 Å². The normalized spacial score (nSPS) is 10.4. The van der Waals surface area contributed by atoms with Crippen LogP contribution < -0.4 is 0 Å². The first-order valence-electron chi connectivity index (χ1n) is 5.37. The van der Waals surface area contributed by atoms with Gasteiger partial charge in [-0.05, 0) is 34.5 Å². The van der Waals surface area contributed by atoms with Crippen LogP contribution in [0.15, 0.2) is 33.2 Å². The number of hydrogen-bond acceptors (Lipinski definition) is 2. The highest BCUT2D eigenvalue weighted by Gasteiger charge is 2.12. The average Bonchev–Trinajstić information content (AvgIpc) is 2.75. The SMILES string of the molecule is C#CCCCC(=O)c1cc2cccc(Br)c2o1. The Labute approximate surface area is 108 Å². The van der Waals surface area contributed by atoms with Gasteiger partial charge >= 0.3 is 0 Å². The lowest BCUT2D eigenvalue weighted by Gasteiger charge is -1.94. The number of benzene rings is 1. The number of halogens is 1. The molecule has 0 amide bonds. The summed E-state index contributed by atoms with van der Waals surface area (Å²) in [7, 11) is 0. The summed E-state index contributed by atoms with van der Waals surface area (Å²) in [6, 6.07) is 7.49. The third-order valence-corrected chi connectivity index (χ3v) is 3.12. The minimum Gasteiger partial charge on any atom is -0.452 e. The first-order valence-corrected chi connectivity index (χ1v) is 6.16. The number of terminal acetylenes is 1. The van der Waals surface area contributed by atoms with Crippen molar-refractivity contribution in [3.63, 3.8) is 0 Å². The molecule has 0 fully saturated rings. The average molecular weight is 291 g/mol. The zero-order chi connectivity index (χ0) is 12.3. The molecule has 0 bridgehead atoms. The maximum atomic E-state index is 11.8. The second kappa shape index (κ2) is 5.20. The number of Topliss-reactive ketones (excluding diaryl/α,β-unsaturated/α-hetero) is 1. The van der Waals surface area contributed by atoms with Gasteiger partial charge in [-0.15, -0.1) is 12.3 Å². The molecule has 1 heterocycles. The summed E-state index contributed by atoms with van der Waals surface area (Å²) >= 11 is 3.39. The number of carbonyl (C=O) groups excluding carboxylic acids is 1. The Kier molecular flexibility index (Phi) is 3.65. The summed E-state index contributed by atoms with van der Waals surface area (Å²) in [5, 5.41) is 0.930. The molecule has 17 heavy (non-hydrogen) atoms. The lowest BCUT2D eigenvalue weighted by molar-refractivity contribution is 0.0956. The molecule has 1 aromatic carbocycles. The summed E-state index contributed by atoms with van der Waals surface area (Å²) < 4.78 is 6.40. The molecule has 0 saturated heterocycles. The van der Waals surface area contributed by atoms with Crippen molar-refractivity contribution in [2.24, 2.45) is 0 Å². The highest BCUT2D eigenvalue weighted by Crippen LogP contribution is 2.27. The van der Waals surface area contributed by atoms with Gasteiger partial charge in [0, 0.05) is 18.2 Å². The summed E-state index contributed by atoms with van der Waals surface area (Å²) in [6.45, 7) is 0. The van der Waals surface area contributed by atoms with E-state index in [1.165, 1.54) is 0 Å². The molecule has 0 atom stereocenters. The zero-order valence-electron chi connectivity index (χ0n) is 9.20. The van der Waals surface area contributed by atoms with E-state index in [4.69, 9.17) is 10.8 Å². The van der Waals surface area contributed by atoms with Crippen LogP contribution in [0.4, 0.5) is 0 Å². The highest BCUT2D eigenvalue weighted by atomic mass is 79.9. The summed E-state index contributed by atoms with van der Waals surface area (Å²) in [5.41, 5.74) is 0.716. The maximum absolute atomic E-state index is 11.8. The Morgan fingerprint density at radius 2 is 2.29 bits per heavy atom. The molecule has 0 aliphatic carbocycles. The van der Waals surface area contributed by atoms with E-state index in [9.17, 15) is 4.79 Å². The van der Waals surface area contributed by atoms with Crippen molar-refractivity contribution in [1.82, 2.24) is 0 Å². The number of ketones is 1. The summed E-state index contributed by atoms with van der Waals surface area (Å²) in [6.07, 6.45) is 6.90. The topological polar surface area (TPSA) is 30.2 Å². The lowest BCUT2D eigenvalue weighted by atomic mass is 10.1. The molecule has 0 spiro atoms. The highest BCUT2D eigenvalue weighted by molar-refractivity contribution is 9.10. The molecule has 2 aromatic rings. The molecule has 0 saturated carbocycles. The van der Waals surface area contributed by atoms with Gasteiger partial charge in [0.05, 0.1) is 4.47 Å². The standard InChI is InChI=1S/C14H11BrO2/c1-2-3-4-8-12(16)13-9-10-6-5-7-11(15)14(10)17-13/h1,5-7,9H,3-4,8H2. The van der Waals surface area contributed by atoms with Crippen LogP contribution >= 0.6 is 15.9 Å². The summed E-state index contributed by atoms with van der Waals surface area (Å²) in [5.74, 6) is 2.93. The van der Waals surface area contributed by atoms with Crippen molar-refractivity contribution >= 4 is 32.7 Å². The minimum absolute atomic E-state index is 0.00310. The Hall–Kier alpha value is -1.53. The molecule has 0 unspecified atom stereocenters. The zero-order valence-corrected chi connectivity index (χ0v) is 10.8. The van der Waals surface area contributed by atoms with E-state index in [2.05, 4.69) is 21.9 Å². The van der Waals surface area contributed by atoms with Crippen LogP contribution in [0, 0.1) is 12.3 Å². The number of hydrogen-bond donors (Lipinski definition) is 0.